The monoisotopic (exact) mass is 533 g/mol. The van der Waals surface area contributed by atoms with E-state index in [0.717, 1.165) is 72.4 Å². The minimum Gasteiger partial charge on any atom is -0.377 e. The van der Waals surface area contributed by atoms with Crippen molar-refractivity contribution in [2.24, 2.45) is 0 Å². The standard InChI is InChI=1S/C30H33ClFN5O/c31-27-17-34-30(36-24-9-7-23(8-10-24)33-16-25-5-2-12-38-25)15-26(27)21-6-11-28-29(14-21)37(19-35-28)18-20-3-1-4-22(32)13-20/h1,3-4,6,11,13-15,17,19,23-25,33H,2,5,7-10,12,16,18H2,(H,34,36). The van der Waals surface area contributed by atoms with Gasteiger partial charge in [-0.1, -0.05) is 29.8 Å². The van der Waals surface area contributed by atoms with E-state index in [1.54, 1.807) is 24.7 Å². The molecule has 1 aliphatic carbocycles. The van der Waals surface area contributed by atoms with Crippen LogP contribution in [0, 0.1) is 5.82 Å². The maximum atomic E-state index is 13.7. The summed E-state index contributed by atoms with van der Waals surface area (Å²) in [4.78, 5) is 9.10. The van der Waals surface area contributed by atoms with Crippen LogP contribution in [0.25, 0.3) is 22.2 Å². The molecule has 2 aromatic heterocycles. The van der Waals surface area contributed by atoms with Gasteiger partial charge in [0, 0.05) is 43.5 Å². The fraction of sp³-hybridized carbons (Fsp3) is 0.400. The number of hydrogen-bond acceptors (Lipinski definition) is 5. The van der Waals surface area contributed by atoms with E-state index >= 15 is 0 Å². The van der Waals surface area contributed by atoms with Crippen LogP contribution < -0.4 is 10.6 Å². The van der Waals surface area contributed by atoms with Crippen LogP contribution in [0.2, 0.25) is 5.02 Å². The molecule has 1 aliphatic heterocycles. The summed E-state index contributed by atoms with van der Waals surface area (Å²) in [6.45, 7) is 2.42. The lowest BCUT2D eigenvalue weighted by Crippen LogP contribution is -2.40. The van der Waals surface area contributed by atoms with Gasteiger partial charge < -0.3 is 19.9 Å². The van der Waals surface area contributed by atoms with Crippen molar-refractivity contribution in [3.05, 3.63) is 77.5 Å². The molecular formula is C30H33ClFN5O. The van der Waals surface area contributed by atoms with Crippen molar-refractivity contribution >= 4 is 28.5 Å². The van der Waals surface area contributed by atoms with Crippen LogP contribution in [-0.2, 0) is 11.3 Å². The summed E-state index contributed by atoms with van der Waals surface area (Å²) in [5.41, 5.74) is 4.67. The first-order valence-electron chi connectivity index (χ1n) is 13.6. The quantitative estimate of drug-likeness (QED) is 0.273. The summed E-state index contributed by atoms with van der Waals surface area (Å²) < 4.78 is 21.5. The van der Waals surface area contributed by atoms with E-state index in [1.165, 1.54) is 18.9 Å². The van der Waals surface area contributed by atoms with Crippen molar-refractivity contribution in [2.45, 2.75) is 63.3 Å². The predicted molar refractivity (Wildman–Crippen MR) is 150 cm³/mol. The molecule has 4 aromatic rings. The van der Waals surface area contributed by atoms with Crippen LogP contribution in [0.5, 0.6) is 0 Å². The fourth-order valence-electron chi connectivity index (χ4n) is 5.68. The molecule has 38 heavy (non-hydrogen) atoms. The van der Waals surface area contributed by atoms with Gasteiger partial charge in [-0.3, -0.25) is 0 Å². The third-order valence-electron chi connectivity index (χ3n) is 7.77. The average molecular weight is 534 g/mol. The van der Waals surface area contributed by atoms with Gasteiger partial charge in [0.2, 0.25) is 0 Å². The van der Waals surface area contributed by atoms with Gasteiger partial charge in [0.15, 0.2) is 0 Å². The van der Waals surface area contributed by atoms with Crippen molar-refractivity contribution in [3.63, 3.8) is 0 Å². The van der Waals surface area contributed by atoms with Crippen molar-refractivity contribution in [3.8, 4) is 11.1 Å². The molecule has 2 fully saturated rings. The number of ether oxygens (including phenoxy) is 1. The average Bonchev–Trinajstić information content (AvgIpc) is 3.59. The minimum absolute atomic E-state index is 0.236. The summed E-state index contributed by atoms with van der Waals surface area (Å²) in [7, 11) is 0. The molecule has 2 aliphatic rings. The Morgan fingerprint density at radius 1 is 1.00 bits per heavy atom. The molecular weight excluding hydrogens is 501 g/mol. The lowest BCUT2D eigenvalue weighted by molar-refractivity contribution is 0.105. The first kappa shape index (κ1) is 25.3. The van der Waals surface area contributed by atoms with Gasteiger partial charge in [0.1, 0.15) is 11.6 Å². The molecule has 0 bridgehead atoms. The summed E-state index contributed by atoms with van der Waals surface area (Å²) >= 11 is 6.62. The third kappa shape index (κ3) is 5.85. The number of anilines is 1. The van der Waals surface area contributed by atoms with Crippen molar-refractivity contribution in [1.82, 2.24) is 19.9 Å². The molecule has 0 amide bonds. The summed E-state index contributed by atoms with van der Waals surface area (Å²) in [5.74, 6) is 0.605. The molecule has 1 unspecified atom stereocenters. The second-order valence-corrected chi connectivity index (χ2v) is 10.9. The Kier molecular flexibility index (Phi) is 7.58. The van der Waals surface area contributed by atoms with Crippen LogP contribution in [0.15, 0.2) is 61.1 Å². The van der Waals surface area contributed by atoms with Gasteiger partial charge in [-0.25, -0.2) is 14.4 Å². The summed E-state index contributed by atoms with van der Waals surface area (Å²) in [5, 5.41) is 7.96. The van der Waals surface area contributed by atoms with E-state index in [4.69, 9.17) is 16.3 Å². The zero-order chi connectivity index (χ0) is 25.9. The number of pyridine rings is 1. The zero-order valence-electron chi connectivity index (χ0n) is 21.4. The molecule has 3 heterocycles. The lowest BCUT2D eigenvalue weighted by atomic mass is 9.91. The number of hydrogen-bond donors (Lipinski definition) is 2. The van der Waals surface area contributed by atoms with Crippen LogP contribution in [-0.4, -0.2) is 45.9 Å². The minimum atomic E-state index is -0.236. The molecule has 8 heteroatoms. The number of imidazole rings is 1. The van der Waals surface area contributed by atoms with Crippen molar-refractivity contribution < 1.29 is 9.13 Å². The SMILES string of the molecule is Fc1cccc(Cn2cnc3ccc(-c4cc(NC5CCC(NCC6CCCO6)CC5)ncc4Cl)cc32)c1. The fourth-order valence-corrected chi connectivity index (χ4v) is 5.89. The van der Waals surface area contributed by atoms with Gasteiger partial charge in [-0.15, -0.1) is 0 Å². The number of nitrogens with zero attached hydrogens (tertiary/aromatic N) is 3. The summed E-state index contributed by atoms with van der Waals surface area (Å²) in [6.07, 6.45) is 10.8. The molecule has 1 saturated carbocycles. The highest BCUT2D eigenvalue weighted by atomic mass is 35.5. The van der Waals surface area contributed by atoms with Crippen molar-refractivity contribution in [1.29, 1.82) is 0 Å². The maximum Gasteiger partial charge on any atom is 0.126 e. The Balaban J connectivity index is 1.13. The second kappa shape index (κ2) is 11.4. The van der Waals surface area contributed by atoms with Crippen LogP contribution in [0.4, 0.5) is 10.2 Å². The van der Waals surface area contributed by atoms with Gasteiger partial charge in [-0.05, 0) is 80.0 Å². The number of aromatic nitrogens is 3. The van der Waals surface area contributed by atoms with Crippen LogP contribution >= 0.6 is 11.6 Å². The topological polar surface area (TPSA) is 64.0 Å². The molecule has 1 atom stereocenters. The molecule has 0 radical (unpaired) electrons. The summed E-state index contributed by atoms with van der Waals surface area (Å²) in [6, 6.07) is 15.8. The highest BCUT2D eigenvalue weighted by Crippen LogP contribution is 2.32. The van der Waals surface area contributed by atoms with E-state index in [0.29, 0.717) is 29.8 Å². The molecule has 1 saturated heterocycles. The first-order chi connectivity index (χ1) is 18.6. The van der Waals surface area contributed by atoms with Gasteiger partial charge in [0.05, 0.1) is 28.5 Å². The molecule has 198 valence electrons. The normalized spacial score (nSPS) is 21.7. The van der Waals surface area contributed by atoms with Crippen LogP contribution in [0.1, 0.15) is 44.1 Å². The molecule has 6 nitrogen and oxygen atoms in total. The molecule has 0 spiro atoms. The predicted octanol–water partition coefficient (Wildman–Crippen LogP) is 6.43. The third-order valence-corrected chi connectivity index (χ3v) is 8.07. The van der Waals surface area contributed by atoms with E-state index in [9.17, 15) is 4.39 Å². The Morgan fingerprint density at radius 2 is 1.87 bits per heavy atom. The zero-order valence-corrected chi connectivity index (χ0v) is 22.1. The lowest BCUT2D eigenvalue weighted by Gasteiger charge is -2.30. The van der Waals surface area contributed by atoms with Crippen LogP contribution in [0.3, 0.4) is 0 Å². The first-order valence-corrected chi connectivity index (χ1v) is 14.0. The second-order valence-electron chi connectivity index (χ2n) is 10.5. The highest BCUT2D eigenvalue weighted by Gasteiger charge is 2.23. The number of nitrogens with one attached hydrogen (secondary N) is 2. The smallest absolute Gasteiger partial charge is 0.126 e. The molecule has 6 rings (SSSR count). The Labute approximate surface area is 227 Å². The van der Waals surface area contributed by atoms with Gasteiger partial charge in [-0.2, -0.15) is 0 Å². The van der Waals surface area contributed by atoms with Gasteiger partial charge >= 0.3 is 0 Å². The number of benzene rings is 2. The molecule has 2 aromatic carbocycles. The highest BCUT2D eigenvalue weighted by molar-refractivity contribution is 6.33. The molecule has 2 N–H and O–H groups in total. The van der Waals surface area contributed by atoms with Crippen molar-refractivity contribution in [2.75, 3.05) is 18.5 Å². The maximum absolute atomic E-state index is 13.7. The Bertz CT molecular complexity index is 1390. The number of rotatable bonds is 8. The largest absolute Gasteiger partial charge is 0.377 e. The van der Waals surface area contributed by atoms with Gasteiger partial charge in [0.25, 0.3) is 0 Å². The number of halogens is 2. The van der Waals surface area contributed by atoms with E-state index in [1.807, 2.05) is 28.8 Å². The Hall–Kier alpha value is -3.00. The number of fused-ring (bicyclic) bond motifs is 1. The van der Waals surface area contributed by atoms with E-state index < -0.39 is 0 Å². The Morgan fingerprint density at radius 3 is 2.68 bits per heavy atom. The van der Waals surface area contributed by atoms with E-state index in [-0.39, 0.29) is 5.82 Å². The van der Waals surface area contributed by atoms with E-state index in [2.05, 4.69) is 26.7 Å².